The van der Waals surface area contributed by atoms with Crippen LogP contribution in [0.15, 0.2) is 84.4 Å². The maximum atomic E-state index is 13.0. The Morgan fingerprint density at radius 3 is 2.36 bits per heavy atom. The van der Waals surface area contributed by atoms with Crippen molar-refractivity contribution in [2.45, 2.75) is 32.6 Å². The first-order valence-corrected chi connectivity index (χ1v) is 12.2. The summed E-state index contributed by atoms with van der Waals surface area (Å²) >= 11 is 1.78. The number of nitrogens with zero attached hydrogens (tertiary/aromatic N) is 1. The quantitative estimate of drug-likeness (QED) is 0.290. The number of ketones is 1. The zero-order chi connectivity index (χ0) is 22.7. The fourth-order valence-electron chi connectivity index (χ4n) is 5.23. The number of carbonyl (C=O) groups excluding carboxylic acids is 1. The van der Waals surface area contributed by atoms with Crippen molar-refractivity contribution >= 4 is 39.6 Å². The molecular formula is C30H25NOS. The van der Waals surface area contributed by atoms with Crippen molar-refractivity contribution in [3.63, 3.8) is 0 Å². The van der Waals surface area contributed by atoms with E-state index in [1.54, 1.807) is 11.3 Å². The smallest absolute Gasteiger partial charge is 0.189 e. The Balaban J connectivity index is 1.52. The van der Waals surface area contributed by atoms with Crippen LogP contribution in [0.1, 0.15) is 51.3 Å². The zero-order valence-corrected chi connectivity index (χ0v) is 19.9. The van der Waals surface area contributed by atoms with Crippen LogP contribution in [0.25, 0.3) is 6.08 Å². The molecule has 0 atom stereocenters. The molecule has 33 heavy (non-hydrogen) atoms. The highest BCUT2D eigenvalue weighted by molar-refractivity contribution is 7.17. The number of allylic oxidation sites excluding steroid dienone is 1. The van der Waals surface area contributed by atoms with Gasteiger partial charge in [-0.1, -0.05) is 74.5 Å². The lowest BCUT2D eigenvalue weighted by molar-refractivity contribution is 0.104. The van der Waals surface area contributed by atoms with Crippen molar-refractivity contribution < 1.29 is 4.79 Å². The average Bonchev–Trinajstić information content (AvgIpc) is 3.38. The number of rotatable bonds is 2. The molecule has 1 aliphatic heterocycles. The van der Waals surface area contributed by atoms with Crippen LogP contribution in [0.2, 0.25) is 0 Å². The van der Waals surface area contributed by atoms with Crippen LogP contribution in [0, 0.1) is 6.92 Å². The summed E-state index contributed by atoms with van der Waals surface area (Å²) < 4.78 is 0. The molecule has 0 saturated carbocycles. The highest BCUT2D eigenvalue weighted by Crippen LogP contribution is 2.55. The number of benzene rings is 3. The summed E-state index contributed by atoms with van der Waals surface area (Å²) in [6.45, 7) is 6.78. The molecule has 0 bridgehead atoms. The summed E-state index contributed by atoms with van der Waals surface area (Å²) in [5.41, 5.74) is 9.04. The van der Waals surface area contributed by atoms with E-state index in [9.17, 15) is 4.79 Å². The number of aryl methyl sites for hydroxylation is 1. The molecule has 3 aromatic carbocycles. The summed E-state index contributed by atoms with van der Waals surface area (Å²) in [7, 11) is 0. The van der Waals surface area contributed by atoms with Crippen molar-refractivity contribution in [2.24, 2.45) is 0 Å². The minimum atomic E-state index is -0.124. The predicted octanol–water partition coefficient (Wildman–Crippen LogP) is 7.99. The molecule has 2 nitrogen and oxygen atoms in total. The SMILES string of the molecule is Cc1ccccc1N1c2ccccc2C(C)(C)c2cc(/C=C3\Cc4ccccc4C3=O)sc21. The van der Waals surface area contributed by atoms with E-state index in [0.29, 0.717) is 6.42 Å². The van der Waals surface area contributed by atoms with Crippen LogP contribution in [0.3, 0.4) is 0 Å². The molecule has 6 rings (SSSR count). The molecule has 0 radical (unpaired) electrons. The normalized spacial score (nSPS) is 17.1. The lowest BCUT2D eigenvalue weighted by atomic mass is 9.75. The van der Waals surface area contributed by atoms with Gasteiger partial charge in [-0.3, -0.25) is 4.79 Å². The lowest BCUT2D eigenvalue weighted by Gasteiger charge is -2.40. The van der Waals surface area contributed by atoms with Gasteiger partial charge in [-0.05, 0) is 53.5 Å². The van der Waals surface area contributed by atoms with Gasteiger partial charge in [-0.25, -0.2) is 0 Å². The van der Waals surface area contributed by atoms with Gasteiger partial charge in [0, 0.05) is 33.5 Å². The number of fused-ring (bicyclic) bond motifs is 3. The third-order valence-corrected chi connectivity index (χ3v) is 8.10. The second-order valence-electron chi connectivity index (χ2n) is 9.46. The first-order chi connectivity index (χ1) is 15.9. The Labute approximate surface area is 198 Å². The van der Waals surface area contributed by atoms with Crippen molar-refractivity contribution in [3.8, 4) is 0 Å². The second-order valence-corrected chi connectivity index (χ2v) is 10.5. The molecule has 0 saturated heterocycles. The average molecular weight is 448 g/mol. The minimum Gasteiger partial charge on any atom is -0.301 e. The maximum Gasteiger partial charge on any atom is 0.189 e. The first kappa shape index (κ1) is 20.2. The predicted molar refractivity (Wildman–Crippen MR) is 138 cm³/mol. The molecule has 3 heteroatoms. The number of Topliss-reactive ketones (excluding diaryl/α,β-unsaturated/α-hetero) is 1. The molecule has 4 aromatic rings. The van der Waals surface area contributed by atoms with E-state index in [1.807, 2.05) is 18.2 Å². The van der Waals surface area contributed by atoms with Crippen LogP contribution in [-0.4, -0.2) is 5.78 Å². The Morgan fingerprint density at radius 2 is 1.58 bits per heavy atom. The largest absolute Gasteiger partial charge is 0.301 e. The minimum absolute atomic E-state index is 0.124. The van der Waals surface area contributed by atoms with Crippen LogP contribution in [-0.2, 0) is 11.8 Å². The second kappa shape index (κ2) is 7.29. The Kier molecular flexibility index (Phi) is 4.46. The van der Waals surface area contributed by atoms with Crippen LogP contribution in [0.4, 0.5) is 16.4 Å². The van der Waals surface area contributed by atoms with E-state index in [4.69, 9.17) is 0 Å². The lowest BCUT2D eigenvalue weighted by Crippen LogP contribution is -2.29. The Hall–Kier alpha value is -3.43. The van der Waals surface area contributed by atoms with Gasteiger partial charge in [0.2, 0.25) is 0 Å². The fourth-order valence-corrected chi connectivity index (χ4v) is 6.55. The van der Waals surface area contributed by atoms with Crippen molar-refractivity contribution in [2.75, 3.05) is 4.90 Å². The number of hydrogen-bond acceptors (Lipinski definition) is 3. The van der Waals surface area contributed by atoms with E-state index >= 15 is 0 Å². The number of para-hydroxylation sites is 2. The Morgan fingerprint density at radius 1 is 0.879 bits per heavy atom. The molecule has 1 aliphatic carbocycles. The van der Waals surface area contributed by atoms with Gasteiger partial charge in [0.15, 0.2) is 5.78 Å². The third kappa shape index (κ3) is 3.03. The highest BCUT2D eigenvalue weighted by Gasteiger charge is 2.39. The summed E-state index contributed by atoms with van der Waals surface area (Å²) in [6, 6.07) is 27.5. The fraction of sp³-hybridized carbons (Fsp3) is 0.167. The molecule has 0 amide bonds. The zero-order valence-electron chi connectivity index (χ0n) is 19.1. The number of carbonyl (C=O) groups is 1. The molecule has 162 valence electrons. The first-order valence-electron chi connectivity index (χ1n) is 11.4. The van der Waals surface area contributed by atoms with Gasteiger partial charge in [-0.15, -0.1) is 11.3 Å². The molecule has 0 spiro atoms. The van der Waals surface area contributed by atoms with Gasteiger partial charge in [-0.2, -0.15) is 0 Å². The summed E-state index contributed by atoms with van der Waals surface area (Å²) in [6.07, 6.45) is 2.82. The van der Waals surface area contributed by atoms with E-state index in [0.717, 1.165) is 21.6 Å². The molecule has 2 aliphatic rings. The van der Waals surface area contributed by atoms with Crippen LogP contribution in [0.5, 0.6) is 0 Å². The monoisotopic (exact) mass is 447 g/mol. The maximum absolute atomic E-state index is 13.0. The third-order valence-electron chi connectivity index (χ3n) is 7.03. The van der Waals surface area contributed by atoms with Crippen LogP contribution >= 0.6 is 11.3 Å². The molecule has 2 heterocycles. The van der Waals surface area contributed by atoms with E-state index in [1.165, 1.54) is 33.1 Å². The number of anilines is 3. The molecular weight excluding hydrogens is 422 g/mol. The molecule has 0 N–H and O–H groups in total. The van der Waals surface area contributed by atoms with E-state index in [-0.39, 0.29) is 11.2 Å². The standard InChI is InChI=1S/C30H25NOS/c1-19-10-4-8-14-26(19)31-27-15-9-7-13-24(27)30(2,3)25-18-22(33-29(25)31)17-21-16-20-11-5-6-12-23(20)28(21)32/h4-15,17-18H,16H2,1-3H3/b21-17+. The summed E-state index contributed by atoms with van der Waals surface area (Å²) in [5.74, 6) is 0.162. The van der Waals surface area contributed by atoms with Crippen molar-refractivity contribution in [3.05, 3.63) is 117 Å². The van der Waals surface area contributed by atoms with Gasteiger partial charge in [0.25, 0.3) is 0 Å². The molecule has 0 fully saturated rings. The number of hydrogen-bond donors (Lipinski definition) is 0. The summed E-state index contributed by atoms with van der Waals surface area (Å²) in [5, 5.41) is 1.24. The van der Waals surface area contributed by atoms with Gasteiger partial charge >= 0.3 is 0 Å². The van der Waals surface area contributed by atoms with Crippen molar-refractivity contribution in [1.82, 2.24) is 0 Å². The summed E-state index contributed by atoms with van der Waals surface area (Å²) in [4.78, 5) is 16.5. The van der Waals surface area contributed by atoms with E-state index < -0.39 is 0 Å². The van der Waals surface area contributed by atoms with Gasteiger partial charge < -0.3 is 4.90 Å². The van der Waals surface area contributed by atoms with E-state index in [2.05, 4.69) is 92.4 Å². The molecule has 1 aromatic heterocycles. The van der Waals surface area contributed by atoms with Gasteiger partial charge in [0.05, 0.1) is 5.69 Å². The highest BCUT2D eigenvalue weighted by atomic mass is 32.1. The molecule has 0 unspecified atom stereocenters. The van der Waals surface area contributed by atoms with Gasteiger partial charge in [0.1, 0.15) is 5.00 Å². The van der Waals surface area contributed by atoms with Crippen molar-refractivity contribution in [1.29, 1.82) is 0 Å². The topological polar surface area (TPSA) is 20.3 Å². The Bertz CT molecular complexity index is 1460. The number of thiophene rings is 1. The van der Waals surface area contributed by atoms with Crippen LogP contribution < -0.4 is 4.90 Å².